The number of fused-ring (bicyclic) bond motifs is 2. The van der Waals surface area contributed by atoms with Crippen molar-refractivity contribution < 1.29 is 71.4 Å². The molecule has 2 amide bonds. The van der Waals surface area contributed by atoms with E-state index in [0.29, 0.717) is 92.0 Å². The molecule has 0 aromatic heterocycles. The number of amides is 2. The first-order valence-electron chi connectivity index (χ1n) is 22.0. The van der Waals surface area contributed by atoms with Crippen LogP contribution in [0.25, 0.3) is 0 Å². The zero-order valence-electron chi connectivity index (χ0n) is 40.4. The van der Waals surface area contributed by atoms with E-state index in [1.165, 1.54) is 7.11 Å². The number of methoxy groups -OCH3 is 2. The predicted octanol–water partition coefficient (Wildman–Crippen LogP) is 7.66. The Labute approximate surface area is 390 Å². The molecule has 0 saturated carbocycles. The van der Waals surface area contributed by atoms with Crippen molar-refractivity contribution in [3.63, 3.8) is 0 Å². The zero-order chi connectivity index (χ0) is 49.6. The summed E-state index contributed by atoms with van der Waals surface area (Å²) < 4.78 is 56.0. The number of phenolic OH excluding ortho intramolecular Hbond substituents is 1. The number of hydrogen-bond donors (Lipinski definition) is 5. The molecule has 4 rings (SSSR count). The molecule has 1 atom stereocenters. The molecule has 0 aliphatic carbocycles. The molecule has 2 aromatic rings. The third-order valence-corrected chi connectivity index (χ3v) is 15.5. The van der Waals surface area contributed by atoms with Gasteiger partial charge in [0, 0.05) is 69.1 Å². The maximum absolute atomic E-state index is 12.6. The Balaban J connectivity index is 0.000000361. The monoisotopic (exact) mass is 980 g/mol. The number of carbonyl (C=O) groups excluding carboxylic acids is 4. The first kappa shape index (κ1) is 55.9. The van der Waals surface area contributed by atoms with Gasteiger partial charge in [0.25, 0.3) is 0 Å². The van der Waals surface area contributed by atoms with Gasteiger partial charge < -0.3 is 53.7 Å². The van der Waals surface area contributed by atoms with Crippen LogP contribution in [0.2, 0.25) is 25.7 Å². The standard InChI is InChI=1S/C27H44NO7PSi.C19H26NO8P/c1-9-35-36(5,31)16-14-28-23(29)13-11-19(2)10-12-21-25(32-4)20(3)22-18-34-27(30)24(22)26(21)33-15-17-37(6,7)8;1-11(5-7-15(21)20-8-9-29(24,25)26)4-6-13-17(22)16-14(10-28-19(16)23)12(2)18(13)27-3/h10H,9,11-18H2,1-8H3,(H,28,29);4,22H,5-10H2,1-3H3,(H,20,21)(H2,24,25,26)/b19-10+;11-4+. The summed E-state index contributed by atoms with van der Waals surface area (Å²) in [6, 6.07) is 0.967. The average Bonchev–Trinajstić information content (AvgIpc) is 3.82. The van der Waals surface area contributed by atoms with Crippen molar-refractivity contribution in [2.75, 3.05) is 59.5 Å². The number of esters is 2. The second-order valence-electron chi connectivity index (χ2n) is 17.7. The highest BCUT2D eigenvalue weighted by Crippen LogP contribution is 2.44. The van der Waals surface area contributed by atoms with Crippen LogP contribution in [0.5, 0.6) is 23.0 Å². The van der Waals surface area contributed by atoms with E-state index >= 15 is 0 Å². The molecular weight excluding hydrogens is 911 g/mol. The third kappa shape index (κ3) is 16.7. The number of nitrogens with one attached hydrogen (secondary N) is 2. The van der Waals surface area contributed by atoms with Crippen molar-refractivity contribution in [1.82, 2.24) is 10.6 Å². The molecule has 0 saturated heterocycles. The van der Waals surface area contributed by atoms with E-state index in [9.17, 15) is 33.4 Å². The van der Waals surface area contributed by atoms with Gasteiger partial charge in [0.15, 0.2) is 0 Å². The molecule has 0 bridgehead atoms. The van der Waals surface area contributed by atoms with Crippen molar-refractivity contribution in [2.24, 2.45) is 0 Å². The Bertz CT molecular complexity index is 2260. The Kier molecular flexibility index (Phi) is 21.2. The second kappa shape index (κ2) is 25.1. The average molecular weight is 981 g/mol. The van der Waals surface area contributed by atoms with Gasteiger partial charge in [-0.3, -0.25) is 18.7 Å². The summed E-state index contributed by atoms with van der Waals surface area (Å²) in [7, 11) is -4.99. The summed E-state index contributed by atoms with van der Waals surface area (Å²) in [5, 5.41) is 15.9. The van der Waals surface area contributed by atoms with Gasteiger partial charge in [-0.15, -0.1) is 0 Å². The number of ether oxygens (including phenoxy) is 5. The lowest BCUT2D eigenvalue weighted by molar-refractivity contribution is -0.121. The van der Waals surface area contributed by atoms with Crippen LogP contribution in [0.3, 0.4) is 0 Å². The van der Waals surface area contributed by atoms with Gasteiger partial charge in [0.1, 0.15) is 47.3 Å². The Morgan fingerprint density at radius 1 is 0.758 bits per heavy atom. The molecule has 2 aromatic carbocycles. The van der Waals surface area contributed by atoms with Crippen LogP contribution in [-0.4, -0.2) is 106 Å². The number of aromatic hydroxyl groups is 1. The zero-order valence-corrected chi connectivity index (χ0v) is 43.2. The number of phenols is 1. The molecule has 0 spiro atoms. The number of hydrogen-bond acceptors (Lipinski definition) is 13. The largest absolute Gasteiger partial charge is 0.507 e. The van der Waals surface area contributed by atoms with E-state index in [1.807, 2.05) is 26.8 Å². The molecule has 368 valence electrons. The molecule has 2 aliphatic rings. The minimum Gasteiger partial charge on any atom is -0.507 e. The summed E-state index contributed by atoms with van der Waals surface area (Å²) in [5.41, 5.74) is 7.01. The minimum atomic E-state index is -4.13. The Morgan fingerprint density at radius 2 is 1.23 bits per heavy atom. The van der Waals surface area contributed by atoms with Gasteiger partial charge in [-0.05, 0) is 77.5 Å². The van der Waals surface area contributed by atoms with E-state index in [1.54, 1.807) is 27.6 Å². The van der Waals surface area contributed by atoms with Crippen LogP contribution in [0.4, 0.5) is 0 Å². The van der Waals surface area contributed by atoms with E-state index in [2.05, 4.69) is 36.4 Å². The smallest absolute Gasteiger partial charge is 0.342 e. The fraction of sp³-hybridized carbons (Fsp3) is 0.565. The fourth-order valence-corrected chi connectivity index (χ4v) is 9.60. The number of carbonyl (C=O) groups is 4. The van der Waals surface area contributed by atoms with E-state index in [-0.39, 0.29) is 55.3 Å². The van der Waals surface area contributed by atoms with Crippen LogP contribution < -0.4 is 24.8 Å². The highest BCUT2D eigenvalue weighted by Gasteiger charge is 2.34. The number of rotatable bonds is 24. The molecule has 2 heterocycles. The molecule has 17 nitrogen and oxygen atoms in total. The molecular formula is C46H70N2O15P2Si. The lowest BCUT2D eigenvalue weighted by Crippen LogP contribution is -2.26. The van der Waals surface area contributed by atoms with Crippen LogP contribution >= 0.6 is 15.0 Å². The maximum Gasteiger partial charge on any atom is 0.342 e. The second-order valence-corrected chi connectivity index (χ2v) is 27.9. The number of allylic oxidation sites excluding steroid dienone is 4. The van der Waals surface area contributed by atoms with E-state index in [4.69, 9.17) is 38.0 Å². The van der Waals surface area contributed by atoms with Crippen LogP contribution in [0.15, 0.2) is 23.3 Å². The molecule has 0 fully saturated rings. The molecule has 2 aliphatic heterocycles. The van der Waals surface area contributed by atoms with Crippen LogP contribution in [0, 0.1) is 13.8 Å². The number of cyclic esters (lactones) is 2. The predicted molar refractivity (Wildman–Crippen MR) is 255 cm³/mol. The highest BCUT2D eigenvalue weighted by molar-refractivity contribution is 7.58. The molecule has 1 unspecified atom stereocenters. The van der Waals surface area contributed by atoms with Gasteiger partial charge in [-0.1, -0.05) is 42.9 Å². The van der Waals surface area contributed by atoms with Gasteiger partial charge in [-0.2, -0.15) is 0 Å². The third-order valence-electron chi connectivity index (χ3n) is 11.1. The van der Waals surface area contributed by atoms with Crippen molar-refractivity contribution in [3.8, 4) is 23.0 Å². The fourth-order valence-electron chi connectivity index (χ4n) is 7.29. The number of benzene rings is 2. The van der Waals surface area contributed by atoms with E-state index < -0.39 is 35.2 Å². The molecule has 5 N–H and O–H groups in total. The van der Waals surface area contributed by atoms with Gasteiger partial charge in [-0.25, -0.2) is 9.59 Å². The van der Waals surface area contributed by atoms with Crippen LogP contribution in [-0.2, 0) is 58.8 Å². The first-order valence-corrected chi connectivity index (χ1v) is 29.8. The van der Waals surface area contributed by atoms with Crippen molar-refractivity contribution >= 4 is 46.8 Å². The van der Waals surface area contributed by atoms with Gasteiger partial charge in [0.05, 0.1) is 33.6 Å². The lowest BCUT2D eigenvalue weighted by atomic mass is 9.94. The summed E-state index contributed by atoms with van der Waals surface area (Å²) in [4.78, 5) is 66.1. The van der Waals surface area contributed by atoms with Gasteiger partial charge >= 0.3 is 19.5 Å². The molecule has 66 heavy (non-hydrogen) atoms. The maximum atomic E-state index is 12.6. The quantitative estimate of drug-likeness (QED) is 0.0293. The summed E-state index contributed by atoms with van der Waals surface area (Å²) in [6.07, 6.45) is 6.16. The normalized spacial score (nSPS) is 14.6. The topological polar surface area (TPSA) is 243 Å². The summed E-state index contributed by atoms with van der Waals surface area (Å²) >= 11 is 0. The van der Waals surface area contributed by atoms with Crippen molar-refractivity contribution in [2.45, 2.75) is 112 Å². The molecule has 0 radical (unpaired) electrons. The minimum absolute atomic E-state index is 0.0819. The van der Waals surface area contributed by atoms with Gasteiger partial charge in [0.2, 0.25) is 19.2 Å². The van der Waals surface area contributed by atoms with E-state index in [0.717, 1.165) is 39.4 Å². The molecule has 20 heteroatoms. The highest BCUT2D eigenvalue weighted by atomic mass is 31.2. The lowest BCUT2D eigenvalue weighted by Gasteiger charge is -2.21. The van der Waals surface area contributed by atoms with Crippen LogP contribution in [0.1, 0.15) is 101 Å². The summed E-state index contributed by atoms with van der Waals surface area (Å²) in [6.45, 7) is 19.3. The van der Waals surface area contributed by atoms with Crippen molar-refractivity contribution in [1.29, 1.82) is 0 Å². The SMILES string of the molecule is CCOP(C)(=O)CCNC(=O)CC/C(C)=C/Cc1c(OC)c(C)c2c(c1OCC[Si](C)(C)C)C(=O)OC2.COc1c(C)c2c(c(O)c1C/C=C(\C)CCC(=O)NCCP(=O)(O)O)C(=O)OC2. The first-order chi connectivity index (χ1) is 30.8. The van der Waals surface area contributed by atoms with Crippen molar-refractivity contribution in [3.05, 3.63) is 67.8 Å². The summed E-state index contributed by atoms with van der Waals surface area (Å²) in [5.74, 6) is 0.304. The Morgan fingerprint density at radius 3 is 1.71 bits per heavy atom. The Hall–Kier alpha value is -4.44.